The molecule has 0 aromatic carbocycles. The van der Waals surface area contributed by atoms with E-state index in [9.17, 15) is 0 Å². The molecule has 1 aromatic heterocycles. The third kappa shape index (κ3) is 2.98. The van der Waals surface area contributed by atoms with Crippen molar-refractivity contribution in [1.29, 1.82) is 0 Å². The second-order valence-corrected chi connectivity index (χ2v) is 4.20. The van der Waals surface area contributed by atoms with Crippen LogP contribution in [0.4, 0.5) is 0 Å². The van der Waals surface area contributed by atoms with Crippen LogP contribution in [-0.4, -0.2) is 4.57 Å². The summed E-state index contributed by atoms with van der Waals surface area (Å²) in [5, 5.41) is 0. The summed E-state index contributed by atoms with van der Waals surface area (Å²) in [6.45, 7) is 6.59. The molecule has 0 saturated carbocycles. The Bertz CT molecular complexity index is 331. The van der Waals surface area contributed by atoms with Gasteiger partial charge in [0.1, 0.15) is 0 Å². The molecule has 1 heteroatoms. The third-order valence-corrected chi connectivity index (χ3v) is 3.13. The second kappa shape index (κ2) is 5.79. The summed E-state index contributed by atoms with van der Waals surface area (Å²) in [7, 11) is 2.11. The van der Waals surface area contributed by atoms with E-state index in [2.05, 4.69) is 50.7 Å². The molecule has 0 aliphatic rings. The fraction of sp³-hybridized carbons (Fsp3) is 0.571. The molecule has 0 saturated heterocycles. The van der Waals surface area contributed by atoms with Crippen LogP contribution in [0.1, 0.15) is 50.8 Å². The first kappa shape index (κ1) is 12.1. The Labute approximate surface area is 93.8 Å². The summed E-state index contributed by atoms with van der Waals surface area (Å²) >= 11 is 0. The molecule has 1 nitrogen and oxygen atoms in total. The first-order valence-corrected chi connectivity index (χ1v) is 5.98. The van der Waals surface area contributed by atoms with Crippen molar-refractivity contribution in [2.24, 2.45) is 7.05 Å². The topological polar surface area (TPSA) is 4.93 Å². The van der Waals surface area contributed by atoms with E-state index in [1.165, 1.54) is 42.5 Å². The summed E-state index contributed by atoms with van der Waals surface area (Å²) in [4.78, 5) is 0. The van der Waals surface area contributed by atoms with E-state index in [0.717, 1.165) is 0 Å². The Kier molecular flexibility index (Phi) is 4.67. The largest absolute Gasteiger partial charge is 0.354 e. The van der Waals surface area contributed by atoms with E-state index in [4.69, 9.17) is 0 Å². The maximum absolute atomic E-state index is 2.26. The Balaban J connectivity index is 2.71. The zero-order valence-electron chi connectivity index (χ0n) is 10.5. The quantitative estimate of drug-likeness (QED) is 0.631. The predicted octanol–water partition coefficient (Wildman–Crippen LogP) is 4.32. The molecule has 0 unspecified atom stereocenters. The maximum atomic E-state index is 2.26. The van der Waals surface area contributed by atoms with Crippen molar-refractivity contribution < 1.29 is 0 Å². The summed E-state index contributed by atoms with van der Waals surface area (Å²) in [6, 6.07) is 2.23. The van der Waals surface area contributed by atoms with Crippen molar-refractivity contribution in [3.05, 3.63) is 29.6 Å². The van der Waals surface area contributed by atoms with Gasteiger partial charge in [0.2, 0.25) is 0 Å². The number of hydrogen-bond acceptors (Lipinski definition) is 0. The molecule has 0 N–H and O–H groups in total. The van der Waals surface area contributed by atoms with Crippen LogP contribution in [0.3, 0.4) is 0 Å². The van der Waals surface area contributed by atoms with Gasteiger partial charge >= 0.3 is 0 Å². The second-order valence-electron chi connectivity index (χ2n) is 4.20. The zero-order valence-corrected chi connectivity index (χ0v) is 10.5. The lowest BCUT2D eigenvalue weighted by Gasteiger charge is -2.07. The van der Waals surface area contributed by atoms with Gasteiger partial charge in [0.25, 0.3) is 0 Å². The highest BCUT2D eigenvalue weighted by atomic mass is 14.9. The normalized spacial score (nSPS) is 12.1. The van der Waals surface area contributed by atoms with Gasteiger partial charge in [0.05, 0.1) is 0 Å². The summed E-state index contributed by atoms with van der Waals surface area (Å²) in [6.07, 6.45) is 9.57. The highest BCUT2D eigenvalue weighted by Crippen LogP contribution is 2.24. The summed E-state index contributed by atoms with van der Waals surface area (Å²) in [5.41, 5.74) is 4.30. The number of hydrogen-bond donors (Lipinski definition) is 0. The number of aromatic nitrogens is 1. The minimum absolute atomic E-state index is 1.22. The molecule has 0 spiro atoms. The number of unbranched alkanes of at least 4 members (excludes halogenated alkanes) is 2. The monoisotopic (exact) mass is 205 g/mol. The van der Waals surface area contributed by atoms with Crippen LogP contribution < -0.4 is 0 Å². The van der Waals surface area contributed by atoms with Gasteiger partial charge in [-0.1, -0.05) is 25.8 Å². The van der Waals surface area contributed by atoms with Gasteiger partial charge in [0, 0.05) is 18.9 Å². The van der Waals surface area contributed by atoms with Crippen LogP contribution >= 0.6 is 0 Å². The van der Waals surface area contributed by atoms with Crippen molar-refractivity contribution in [3.63, 3.8) is 0 Å². The van der Waals surface area contributed by atoms with Gasteiger partial charge in [-0.05, 0) is 43.9 Å². The standard InChI is InChI=1S/C14H23N/c1-5-7-8-9-13(6-2)14-10-11-15(4)12(14)3/h6,10-11H,5,7-9H2,1-4H3. The van der Waals surface area contributed by atoms with Gasteiger partial charge in [-0.2, -0.15) is 0 Å². The van der Waals surface area contributed by atoms with Crippen LogP contribution in [0, 0.1) is 6.92 Å². The molecule has 0 radical (unpaired) electrons. The molecular formula is C14H23N. The highest BCUT2D eigenvalue weighted by molar-refractivity contribution is 5.67. The van der Waals surface area contributed by atoms with E-state index < -0.39 is 0 Å². The highest BCUT2D eigenvalue weighted by Gasteiger charge is 2.06. The Morgan fingerprint density at radius 2 is 2.13 bits per heavy atom. The number of nitrogens with zero attached hydrogens (tertiary/aromatic N) is 1. The van der Waals surface area contributed by atoms with Gasteiger partial charge in [-0.15, -0.1) is 0 Å². The summed E-state index contributed by atoms with van der Waals surface area (Å²) < 4.78 is 2.19. The van der Waals surface area contributed by atoms with Crippen molar-refractivity contribution in [2.45, 2.75) is 46.5 Å². The molecule has 0 aliphatic heterocycles. The molecule has 0 atom stereocenters. The van der Waals surface area contributed by atoms with E-state index in [1.807, 2.05) is 0 Å². The van der Waals surface area contributed by atoms with E-state index in [0.29, 0.717) is 0 Å². The maximum Gasteiger partial charge on any atom is 0.0215 e. The number of rotatable bonds is 5. The van der Waals surface area contributed by atoms with Crippen molar-refractivity contribution in [2.75, 3.05) is 0 Å². The molecule has 15 heavy (non-hydrogen) atoms. The predicted molar refractivity (Wildman–Crippen MR) is 67.9 cm³/mol. The van der Waals surface area contributed by atoms with Gasteiger partial charge in [-0.25, -0.2) is 0 Å². The van der Waals surface area contributed by atoms with Gasteiger partial charge in [0.15, 0.2) is 0 Å². The molecule has 0 bridgehead atoms. The fourth-order valence-electron chi connectivity index (χ4n) is 1.95. The molecule has 1 heterocycles. The molecular weight excluding hydrogens is 182 g/mol. The number of allylic oxidation sites excluding steroid dienone is 2. The van der Waals surface area contributed by atoms with Gasteiger partial charge in [-0.3, -0.25) is 0 Å². The molecule has 84 valence electrons. The first-order chi connectivity index (χ1) is 7.20. The van der Waals surface area contributed by atoms with Crippen molar-refractivity contribution >= 4 is 5.57 Å². The van der Waals surface area contributed by atoms with Gasteiger partial charge < -0.3 is 4.57 Å². The molecule has 1 rings (SSSR count). The average Bonchev–Trinajstić information content (AvgIpc) is 2.56. The van der Waals surface area contributed by atoms with Crippen LogP contribution in [0.2, 0.25) is 0 Å². The lowest BCUT2D eigenvalue weighted by atomic mass is 10.00. The van der Waals surface area contributed by atoms with Crippen LogP contribution in [0.25, 0.3) is 5.57 Å². The molecule has 0 amide bonds. The smallest absolute Gasteiger partial charge is 0.0215 e. The van der Waals surface area contributed by atoms with Crippen LogP contribution in [0.15, 0.2) is 18.3 Å². The van der Waals surface area contributed by atoms with Crippen LogP contribution in [-0.2, 0) is 7.05 Å². The van der Waals surface area contributed by atoms with Crippen LogP contribution in [0.5, 0.6) is 0 Å². The van der Waals surface area contributed by atoms with E-state index in [-0.39, 0.29) is 0 Å². The molecule has 0 fully saturated rings. The average molecular weight is 205 g/mol. The zero-order chi connectivity index (χ0) is 11.3. The lowest BCUT2D eigenvalue weighted by Crippen LogP contribution is -1.92. The van der Waals surface area contributed by atoms with E-state index >= 15 is 0 Å². The third-order valence-electron chi connectivity index (χ3n) is 3.13. The summed E-state index contributed by atoms with van der Waals surface area (Å²) in [5.74, 6) is 0. The number of aryl methyl sites for hydroxylation is 1. The first-order valence-electron chi connectivity index (χ1n) is 5.98. The Hall–Kier alpha value is -0.980. The van der Waals surface area contributed by atoms with E-state index in [1.54, 1.807) is 0 Å². The molecule has 1 aromatic rings. The van der Waals surface area contributed by atoms with Crippen molar-refractivity contribution in [1.82, 2.24) is 4.57 Å². The molecule has 0 aliphatic carbocycles. The minimum atomic E-state index is 1.22. The SMILES string of the molecule is CC=C(CCCCC)c1ccn(C)c1C. The minimum Gasteiger partial charge on any atom is -0.354 e. The Morgan fingerprint density at radius 1 is 1.40 bits per heavy atom. The Morgan fingerprint density at radius 3 is 2.60 bits per heavy atom. The van der Waals surface area contributed by atoms with Crippen molar-refractivity contribution in [3.8, 4) is 0 Å². The fourth-order valence-corrected chi connectivity index (χ4v) is 1.95. The lowest BCUT2D eigenvalue weighted by molar-refractivity contribution is 0.734.